The van der Waals surface area contributed by atoms with Crippen molar-refractivity contribution in [1.82, 2.24) is 0 Å². The fourth-order valence-electron chi connectivity index (χ4n) is 2.20. The molecule has 0 bridgehead atoms. The van der Waals surface area contributed by atoms with Crippen LogP contribution in [0.25, 0.3) is 0 Å². The fourth-order valence-corrected chi connectivity index (χ4v) is 2.20. The van der Waals surface area contributed by atoms with E-state index in [4.69, 9.17) is 4.74 Å². The Morgan fingerprint density at radius 1 is 1.25 bits per heavy atom. The molecule has 2 nitrogen and oxygen atoms in total. The molecule has 1 heterocycles. The number of hydrogen-bond acceptors (Lipinski definition) is 2. The SMILES string of the molecule is Cc1ccc(NC2CCOC(C)C2)cc1C. The van der Waals surface area contributed by atoms with Gasteiger partial charge in [0.2, 0.25) is 0 Å². The van der Waals surface area contributed by atoms with Crippen LogP contribution < -0.4 is 5.32 Å². The molecule has 2 heteroatoms. The molecule has 0 amide bonds. The molecule has 0 aromatic heterocycles. The third kappa shape index (κ3) is 2.76. The van der Waals surface area contributed by atoms with E-state index in [1.54, 1.807) is 0 Å². The third-order valence-electron chi connectivity index (χ3n) is 3.36. The molecule has 0 aliphatic carbocycles. The normalized spacial score (nSPS) is 25.4. The number of anilines is 1. The van der Waals surface area contributed by atoms with Crippen LogP contribution in [0.5, 0.6) is 0 Å². The van der Waals surface area contributed by atoms with Gasteiger partial charge in [0.05, 0.1) is 6.10 Å². The van der Waals surface area contributed by atoms with Crippen LogP contribution in [-0.4, -0.2) is 18.8 Å². The monoisotopic (exact) mass is 219 g/mol. The van der Waals surface area contributed by atoms with Crippen molar-refractivity contribution in [3.8, 4) is 0 Å². The van der Waals surface area contributed by atoms with Gasteiger partial charge < -0.3 is 10.1 Å². The van der Waals surface area contributed by atoms with E-state index in [1.165, 1.54) is 16.8 Å². The molecule has 1 fully saturated rings. The molecule has 2 atom stereocenters. The van der Waals surface area contributed by atoms with Gasteiger partial charge in [-0.15, -0.1) is 0 Å². The third-order valence-corrected chi connectivity index (χ3v) is 3.36. The standard InChI is InChI=1S/C14H21NO/c1-10-4-5-13(8-11(10)2)15-14-6-7-16-12(3)9-14/h4-5,8,12,14-15H,6-7,9H2,1-3H3. The average Bonchev–Trinajstić information content (AvgIpc) is 2.24. The van der Waals surface area contributed by atoms with E-state index in [0.29, 0.717) is 12.1 Å². The van der Waals surface area contributed by atoms with Crippen molar-refractivity contribution in [2.45, 2.75) is 45.8 Å². The van der Waals surface area contributed by atoms with Crippen molar-refractivity contribution in [2.75, 3.05) is 11.9 Å². The van der Waals surface area contributed by atoms with Gasteiger partial charge in [0.25, 0.3) is 0 Å². The van der Waals surface area contributed by atoms with Gasteiger partial charge in [-0.1, -0.05) is 6.07 Å². The Balaban J connectivity index is 2.00. The van der Waals surface area contributed by atoms with Gasteiger partial charge in [-0.2, -0.15) is 0 Å². The Morgan fingerprint density at radius 3 is 2.75 bits per heavy atom. The minimum absolute atomic E-state index is 0.387. The number of nitrogens with one attached hydrogen (secondary N) is 1. The van der Waals surface area contributed by atoms with E-state index in [9.17, 15) is 0 Å². The van der Waals surface area contributed by atoms with Crippen LogP contribution in [0.4, 0.5) is 5.69 Å². The zero-order valence-electron chi connectivity index (χ0n) is 10.4. The first kappa shape index (κ1) is 11.5. The van der Waals surface area contributed by atoms with Crippen LogP contribution in [-0.2, 0) is 4.74 Å². The summed E-state index contributed by atoms with van der Waals surface area (Å²) in [6.07, 6.45) is 2.60. The highest BCUT2D eigenvalue weighted by molar-refractivity contribution is 5.48. The Kier molecular flexibility index (Phi) is 3.49. The lowest BCUT2D eigenvalue weighted by molar-refractivity contribution is 0.0232. The maximum atomic E-state index is 5.55. The fraction of sp³-hybridized carbons (Fsp3) is 0.571. The first-order valence-electron chi connectivity index (χ1n) is 6.10. The Morgan fingerprint density at radius 2 is 2.06 bits per heavy atom. The molecule has 1 aliphatic rings. The predicted molar refractivity (Wildman–Crippen MR) is 68.0 cm³/mol. The zero-order valence-corrected chi connectivity index (χ0v) is 10.4. The number of rotatable bonds is 2. The summed E-state index contributed by atoms with van der Waals surface area (Å²) in [5, 5.41) is 3.60. The van der Waals surface area contributed by atoms with Crippen molar-refractivity contribution < 1.29 is 4.74 Å². The minimum atomic E-state index is 0.387. The lowest BCUT2D eigenvalue weighted by Crippen LogP contribution is -2.32. The molecular formula is C14H21NO. The molecule has 1 aliphatic heterocycles. The molecule has 1 aromatic carbocycles. The molecule has 2 unspecified atom stereocenters. The van der Waals surface area contributed by atoms with E-state index in [-0.39, 0.29) is 0 Å². The summed E-state index contributed by atoms with van der Waals surface area (Å²) in [5.74, 6) is 0. The summed E-state index contributed by atoms with van der Waals surface area (Å²) < 4.78 is 5.55. The highest BCUT2D eigenvalue weighted by Gasteiger charge is 2.18. The van der Waals surface area contributed by atoms with Gasteiger partial charge in [-0.25, -0.2) is 0 Å². The van der Waals surface area contributed by atoms with Gasteiger partial charge >= 0.3 is 0 Å². The molecule has 0 saturated carbocycles. The maximum Gasteiger partial charge on any atom is 0.0566 e. The summed E-state index contributed by atoms with van der Waals surface area (Å²) in [6.45, 7) is 7.33. The van der Waals surface area contributed by atoms with Crippen molar-refractivity contribution in [3.63, 3.8) is 0 Å². The predicted octanol–water partition coefficient (Wildman–Crippen LogP) is 3.28. The summed E-state index contributed by atoms with van der Waals surface area (Å²) in [4.78, 5) is 0. The van der Waals surface area contributed by atoms with E-state index in [0.717, 1.165) is 19.4 Å². The Labute approximate surface area is 98.0 Å². The van der Waals surface area contributed by atoms with Crippen LogP contribution in [0.2, 0.25) is 0 Å². The molecule has 1 N–H and O–H groups in total. The highest BCUT2D eigenvalue weighted by Crippen LogP contribution is 2.20. The molecule has 16 heavy (non-hydrogen) atoms. The molecule has 1 saturated heterocycles. The topological polar surface area (TPSA) is 21.3 Å². The van der Waals surface area contributed by atoms with E-state index in [2.05, 4.69) is 44.3 Å². The molecular weight excluding hydrogens is 198 g/mol. The van der Waals surface area contributed by atoms with Gasteiger partial charge in [0.1, 0.15) is 0 Å². The van der Waals surface area contributed by atoms with Gasteiger partial charge in [-0.3, -0.25) is 0 Å². The first-order valence-corrected chi connectivity index (χ1v) is 6.10. The lowest BCUT2D eigenvalue weighted by Gasteiger charge is -2.28. The number of ether oxygens (including phenoxy) is 1. The van der Waals surface area contributed by atoms with Crippen LogP contribution in [0.15, 0.2) is 18.2 Å². The lowest BCUT2D eigenvalue weighted by atomic mass is 10.0. The van der Waals surface area contributed by atoms with Gasteiger partial charge in [0.15, 0.2) is 0 Å². The summed E-state index contributed by atoms with van der Waals surface area (Å²) in [7, 11) is 0. The molecule has 0 spiro atoms. The number of aryl methyl sites for hydroxylation is 2. The van der Waals surface area contributed by atoms with Crippen LogP contribution in [0, 0.1) is 13.8 Å². The van der Waals surface area contributed by atoms with E-state index >= 15 is 0 Å². The highest BCUT2D eigenvalue weighted by atomic mass is 16.5. The van der Waals surface area contributed by atoms with Crippen LogP contribution in [0.1, 0.15) is 30.9 Å². The van der Waals surface area contributed by atoms with Gasteiger partial charge in [-0.05, 0) is 56.9 Å². The smallest absolute Gasteiger partial charge is 0.0566 e. The van der Waals surface area contributed by atoms with Crippen molar-refractivity contribution in [1.29, 1.82) is 0 Å². The van der Waals surface area contributed by atoms with Gasteiger partial charge in [0, 0.05) is 18.3 Å². The second kappa shape index (κ2) is 4.88. The largest absolute Gasteiger partial charge is 0.382 e. The van der Waals surface area contributed by atoms with Crippen molar-refractivity contribution >= 4 is 5.69 Å². The molecule has 88 valence electrons. The van der Waals surface area contributed by atoms with Crippen LogP contribution >= 0.6 is 0 Å². The minimum Gasteiger partial charge on any atom is -0.382 e. The number of benzene rings is 1. The summed E-state index contributed by atoms with van der Waals surface area (Å²) >= 11 is 0. The maximum absolute atomic E-state index is 5.55. The summed E-state index contributed by atoms with van der Waals surface area (Å²) in [5.41, 5.74) is 3.94. The average molecular weight is 219 g/mol. The molecule has 1 aromatic rings. The Hall–Kier alpha value is -1.02. The second-order valence-corrected chi connectivity index (χ2v) is 4.85. The Bertz CT molecular complexity index is 362. The van der Waals surface area contributed by atoms with Crippen molar-refractivity contribution in [3.05, 3.63) is 29.3 Å². The van der Waals surface area contributed by atoms with Crippen LogP contribution in [0.3, 0.4) is 0 Å². The van der Waals surface area contributed by atoms with E-state index < -0.39 is 0 Å². The molecule has 0 radical (unpaired) electrons. The zero-order chi connectivity index (χ0) is 11.5. The first-order chi connectivity index (χ1) is 7.65. The molecule has 2 rings (SSSR count). The quantitative estimate of drug-likeness (QED) is 0.824. The summed E-state index contributed by atoms with van der Waals surface area (Å²) in [6, 6.07) is 7.14. The van der Waals surface area contributed by atoms with Crippen molar-refractivity contribution in [2.24, 2.45) is 0 Å². The second-order valence-electron chi connectivity index (χ2n) is 4.85. The number of hydrogen-bond donors (Lipinski definition) is 1. The van der Waals surface area contributed by atoms with E-state index in [1.807, 2.05) is 0 Å².